The van der Waals surface area contributed by atoms with E-state index in [1.807, 2.05) is 13.8 Å². The molecule has 0 radical (unpaired) electrons. The van der Waals surface area contributed by atoms with Gasteiger partial charge in [-0.1, -0.05) is 0 Å². The maximum Gasteiger partial charge on any atom is 0.323 e. The van der Waals surface area contributed by atoms with Gasteiger partial charge in [-0.15, -0.1) is 0 Å². The first-order chi connectivity index (χ1) is 9.49. The van der Waals surface area contributed by atoms with Gasteiger partial charge >= 0.3 is 6.01 Å². The number of ether oxygens (including phenoxy) is 1. The second-order valence-corrected chi connectivity index (χ2v) is 4.17. The number of rotatable bonds is 4. The number of hydrogen-bond acceptors (Lipinski definition) is 7. The number of nitrogens with one attached hydrogen (secondary N) is 1. The zero-order chi connectivity index (χ0) is 14.7. The minimum Gasteiger partial charge on any atom is -0.461 e. The summed E-state index contributed by atoms with van der Waals surface area (Å²) in [5.74, 6) is -0.102. The number of carbonyl (C=O) groups is 1. The SMILES string of the molecule is CNC(=O)c1ccn(-c2nc(N)nc(OC(C)C)n2)n1. The standard InChI is InChI=1S/C11H15N7O2/c1-6(2)20-11-15-9(12)14-10(16-11)18-5-4-7(17-18)8(19)13-3/h4-6H,1-3H3,(H,13,19)(H2,12,14,15,16). The van der Waals surface area contributed by atoms with E-state index < -0.39 is 0 Å². The Morgan fingerprint density at radius 3 is 2.80 bits per heavy atom. The quantitative estimate of drug-likeness (QED) is 0.792. The number of aromatic nitrogens is 5. The van der Waals surface area contributed by atoms with Crippen molar-refractivity contribution in [3.63, 3.8) is 0 Å². The minimum absolute atomic E-state index is 0.0163. The van der Waals surface area contributed by atoms with E-state index in [-0.39, 0.29) is 35.6 Å². The van der Waals surface area contributed by atoms with Crippen molar-refractivity contribution < 1.29 is 9.53 Å². The summed E-state index contributed by atoms with van der Waals surface area (Å²) in [5.41, 5.74) is 5.85. The first-order valence-electron chi connectivity index (χ1n) is 5.96. The highest BCUT2D eigenvalue weighted by Gasteiger charge is 2.12. The summed E-state index contributed by atoms with van der Waals surface area (Å²) >= 11 is 0. The zero-order valence-corrected chi connectivity index (χ0v) is 11.4. The molecule has 0 aliphatic carbocycles. The van der Waals surface area contributed by atoms with Crippen LogP contribution in [0.5, 0.6) is 6.01 Å². The highest BCUT2D eigenvalue weighted by Crippen LogP contribution is 2.10. The van der Waals surface area contributed by atoms with E-state index >= 15 is 0 Å². The van der Waals surface area contributed by atoms with Gasteiger partial charge in [-0.2, -0.15) is 20.1 Å². The number of hydrogen-bond donors (Lipinski definition) is 2. The minimum atomic E-state index is -0.301. The van der Waals surface area contributed by atoms with E-state index in [1.165, 1.54) is 11.7 Å². The van der Waals surface area contributed by atoms with E-state index in [9.17, 15) is 4.79 Å². The number of nitrogens with two attached hydrogens (primary N) is 1. The van der Waals surface area contributed by atoms with E-state index in [4.69, 9.17) is 10.5 Å². The third kappa shape index (κ3) is 2.99. The largest absolute Gasteiger partial charge is 0.461 e. The van der Waals surface area contributed by atoms with Crippen molar-refractivity contribution in [3.05, 3.63) is 18.0 Å². The average molecular weight is 277 g/mol. The number of carbonyl (C=O) groups excluding carboxylic acids is 1. The summed E-state index contributed by atoms with van der Waals surface area (Å²) in [5, 5.41) is 6.53. The van der Waals surface area contributed by atoms with Crippen molar-refractivity contribution >= 4 is 11.9 Å². The summed E-state index contributed by atoms with van der Waals surface area (Å²) in [4.78, 5) is 23.4. The van der Waals surface area contributed by atoms with Crippen molar-refractivity contribution in [2.45, 2.75) is 20.0 Å². The molecule has 0 saturated heterocycles. The van der Waals surface area contributed by atoms with Gasteiger partial charge in [-0.05, 0) is 19.9 Å². The van der Waals surface area contributed by atoms with Gasteiger partial charge in [0.1, 0.15) is 0 Å². The molecule has 20 heavy (non-hydrogen) atoms. The lowest BCUT2D eigenvalue weighted by Gasteiger charge is -2.08. The van der Waals surface area contributed by atoms with Crippen LogP contribution in [0.3, 0.4) is 0 Å². The summed E-state index contributed by atoms with van der Waals surface area (Å²) in [7, 11) is 1.52. The van der Waals surface area contributed by atoms with E-state index in [2.05, 4.69) is 25.4 Å². The smallest absolute Gasteiger partial charge is 0.323 e. The molecule has 0 bridgehead atoms. The molecule has 0 atom stereocenters. The fourth-order valence-electron chi connectivity index (χ4n) is 1.41. The van der Waals surface area contributed by atoms with Crippen LogP contribution in [0.1, 0.15) is 24.3 Å². The molecule has 0 aliphatic rings. The molecule has 106 valence electrons. The lowest BCUT2D eigenvalue weighted by Crippen LogP contribution is -2.19. The molecule has 0 aliphatic heterocycles. The molecule has 0 fully saturated rings. The van der Waals surface area contributed by atoms with Crippen molar-refractivity contribution in [2.24, 2.45) is 0 Å². The van der Waals surface area contributed by atoms with Crippen LogP contribution in [0.2, 0.25) is 0 Å². The molecule has 0 spiro atoms. The van der Waals surface area contributed by atoms with Gasteiger partial charge in [0.05, 0.1) is 6.10 Å². The summed E-state index contributed by atoms with van der Waals surface area (Å²) in [6.45, 7) is 3.69. The average Bonchev–Trinajstić information content (AvgIpc) is 2.85. The highest BCUT2D eigenvalue weighted by atomic mass is 16.5. The molecule has 2 aromatic rings. The van der Waals surface area contributed by atoms with Crippen LogP contribution in [0, 0.1) is 0 Å². The Morgan fingerprint density at radius 2 is 2.15 bits per heavy atom. The first kappa shape index (κ1) is 13.7. The van der Waals surface area contributed by atoms with Crippen LogP contribution in [0.25, 0.3) is 5.95 Å². The Kier molecular flexibility index (Phi) is 3.78. The fourth-order valence-corrected chi connectivity index (χ4v) is 1.41. The Bertz CT molecular complexity index is 623. The third-order valence-electron chi connectivity index (χ3n) is 2.22. The van der Waals surface area contributed by atoms with Gasteiger partial charge in [-0.25, -0.2) is 4.68 Å². The Morgan fingerprint density at radius 1 is 1.40 bits per heavy atom. The van der Waals surface area contributed by atoms with Crippen molar-refractivity contribution in [3.8, 4) is 12.0 Å². The predicted octanol–water partition coefficient (Wildman–Crippen LogP) is -0.214. The fraction of sp³-hybridized carbons (Fsp3) is 0.364. The number of anilines is 1. The highest BCUT2D eigenvalue weighted by molar-refractivity contribution is 5.91. The Labute approximate surface area is 115 Å². The van der Waals surface area contributed by atoms with Crippen molar-refractivity contribution in [1.82, 2.24) is 30.0 Å². The van der Waals surface area contributed by atoms with E-state index in [0.717, 1.165) is 0 Å². The molecule has 0 aromatic carbocycles. The van der Waals surface area contributed by atoms with Crippen LogP contribution in [-0.4, -0.2) is 43.8 Å². The second-order valence-electron chi connectivity index (χ2n) is 4.17. The van der Waals surface area contributed by atoms with Crippen LogP contribution in [-0.2, 0) is 0 Å². The van der Waals surface area contributed by atoms with Gasteiger partial charge in [-0.3, -0.25) is 4.79 Å². The number of nitrogens with zero attached hydrogens (tertiary/aromatic N) is 5. The van der Waals surface area contributed by atoms with Gasteiger partial charge in [0.15, 0.2) is 5.69 Å². The van der Waals surface area contributed by atoms with Gasteiger partial charge in [0, 0.05) is 13.2 Å². The zero-order valence-electron chi connectivity index (χ0n) is 11.4. The maximum atomic E-state index is 11.4. The topological polar surface area (TPSA) is 121 Å². The molecule has 1 amide bonds. The molecular weight excluding hydrogens is 262 g/mol. The van der Waals surface area contributed by atoms with Crippen molar-refractivity contribution in [1.29, 1.82) is 0 Å². The predicted molar refractivity (Wildman–Crippen MR) is 70.5 cm³/mol. The second kappa shape index (κ2) is 5.51. The Hall–Kier alpha value is -2.71. The molecule has 2 aromatic heterocycles. The first-order valence-corrected chi connectivity index (χ1v) is 5.96. The molecule has 3 N–H and O–H groups in total. The van der Waals surface area contributed by atoms with Crippen LogP contribution < -0.4 is 15.8 Å². The molecule has 9 nitrogen and oxygen atoms in total. The molecule has 9 heteroatoms. The van der Waals surface area contributed by atoms with Gasteiger partial charge in [0.25, 0.3) is 11.9 Å². The Balaban J connectivity index is 2.34. The van der Waals surface area contributed by atoms with Gasteiger partial charge in [0.2, 0.25) is 5.95 Å². The molecule has 2 heterocycles. The lowest BCUT2D eigenvalue weighted by molar-refractivity contribution is 0.0957. The summed E-state index contributed by atoms with van der Waals surface area (Å²) in [6, 6.07) is 1.65. The van der Waals surface area contributed by atoms with Crippen LogP contribution in [0.4, 0.5) is 5.95 Å². The molecular formula is C11H15N7O2. The maximum absolute atomic E-state index is 11.4. The normalized spacial score (nSPS) is 10.6. The molecule has 0 unspecified atom stereocenters. The molecule has 0 saturated carbocycles. The number of nitrogen functional groups attached to an aromatic ring is 1. The van der Waals surface area contributed by atoms with Crippen LogP contribution in [0.15, 0.2) is 12.3 Å². The summed E-state index contributed by atoms with van der Waals surface area (Å²) < 4.78 is 6.70. The van der Waals surface area contributed by atoms with Crippen molar-refractivity contribution in [2.75, 3.05) is 12.8 Å². The lowest BCUT2D eigenvalue weighted by atomic mass is 10.4. The van der Waals surface area contributed by atoms with Gasteiger partial charge < -0.3 is 15.8 Å². The molecule has 2 rings (SSSR count). The van der Waals surface area contributed by atoms with Crippen LogP contribution >= 0.6 is 0 Å². The third-order valence-corrected chi connectivity index (χ3v) is 2.22. The van der Waals surface area contributed by atoms with E-state index in [0.29, 0.717) is 0 Å². The number of amides is 1. The van der Waals surface area contributed by atoms with E-state index in [1.54, 1.807) is 12.3 Å². The summed E-state index contributed by atoms with van der Waals surface area (Å²) in [6.07, 6.45) is 1.46. The monoisotopic (exact) mass is 277 g/mol.